The molecule has 1 aliphatic carbocycles. The van der Waals surface area contributed by atoms with E-state index in [9.17, 15) is 18.4 Å². The molecule has 0 N–H and O–H groups in total. The Labute approximate surface area is 179 Å². The summed E-state index contributed by atoms with van der Waals surface area (Å²) in [6, 6.07) is 4.49. The van der Waals surface area contributed by atoms with E-state index in [1.165, 1.54) is 11.8 Å². The van der Waals surface area contributed by atoms with E-state index in [0.717, 1.165) is 42.1 Å². The lowest BCUT2D eigenvalue weighted by Gasteiger charge is -2.36. The van der Waals surface area contributed by atoms with Crippen molar-refractivity contribution in [3.05, 3.63) is 52.2 Å². The van der Waals surface area contributed by atoms with E-state index >= 15 is 0 Å². The molecule has 0 radical (unpaired) electrons. The van der Waals surface area contributed by atoms with E-state index in [1.807, 2.05) is 19.1 Å². The molecule has 1 atom stereocenters. The van der Waals surface area contributed by atoms with Gasteiger partial charge < -0.3 is 9.47 Å². The van der Waals surface area contributed by atoms with Gasteiger partial charge in [0, 0.05) is 23.0 Å². The summed E-state index contributed by atoms with van der Waals surface area (Å²) < 4.78 is 43.0. The molecule has 1 aromatic carbocycles. The second-order valence-corrected chi connectivity index (χ2v) is 8.52. The van der Waals surface area contributed by atoms with E-state index in [-0.39, 0.29) is 12.6 Å². The molecule has 0 amide bonds. The van der Waals surface area contributed by atoms with Crippen LogP contribution >= 0.6 is 11.6 Å². The molecule has 1 aromatic heterocycles. The van der Waals surface area contributed by atoms with Crippen molar-refractivity contribution in [2.75, 3.05) is 6.54 Å². The molecule has 4 rings (SSSR count). The van der Waals surface area contributed by atoms with Crippen molar-refractivity contribution in [3.8, 4) is 6.07 Å². The molecule has 0 unspecified atom stereocenters. The number of hydrogen-bond acceptors (Lipinski definition) is 2. The Balaban J connectivity index is 2.01. The standard InChI is InChI=1S/C23H23ClF3N3/c1-14-11-17-18(13-28)22(20-9-5-6-10-29(20)15(2)23(25,26)27)30(16-7-3-4-8-16)21(17)12-19(14)24/h5-6,9,11-12,15-16H,3-4,7-8,10H2,1-2H3/t15-/m0/s1. The van der Waals surface area contributed by atoms with Gasteiger partial charge >= 0.3 is 6.18 Å². The van der Waals surface area contributed by atoms with Gasteiger partial charge in [0.25, 0.3) is 0 Å². The minimum absolute atomic E-state index is 0.137. The van der Waals surface area contributed by atoms with Crippen LogP contribution in [0.1, 0.15) is 55.5 Å². The third kappa shape index (κ3) is 3.39. The first-order valence-electron chi connectivity index (χ1n) is 10.2. The number of hydrogen-bond donors (Lipinski definition) is 0. The highest BCUT2D eigenvalue weighted by Gasteiger charge is 2.42. The predicted octanol–water partition coefficient (Wildman–Crippen LogP) is 6.75. The van der Waals surface area contributed by atoms with Gasteiger partial charge in [0.2, 0.25) is 0 Å². The highest BCUT2D eigenvalue weighted by molar-refractivity contribution is 6.32. The Morgan fingerprint density at radius 3 is 2.57 bits per heavy atom. The maximum absolute atomic E-state index is 13.6. The topological polar surface area (TPSA) is 32.0 Å². The quantitative estimate of drug-likeness (QED) is 0.536. The molecule has 7 heteroatoms. The Morgan fingerprint density at radius 2 is 1.93 bits per heavy atom. The van der Waals surface area contributed by atoms with E-state index in [4.69, 9.17) is 11.6 Å². The monoisotopic (exact) mass is 433 g/mol. The van der Waals surface area contributed by atoms with E-state index < -0.39 is 12.2 Å². The Kier molecular flexibility index (Phi) is 5.36. The van der Waals surface area contributed by atoms with Crippen LogP contribution in [-0.4, -0.2) is 28.2 Å². The van der Waals surface area contributed by atoms with Gasteiger partial charge in [-0.15, -0.1) is 0 Å². The second kappa shape index (κ2) is 7.70. The largest absolute Gasteiger partial charge is 0.408 e. The van der Waals surface area contributed by atoms with Gasteiger partial charge in [0.15, 0.2) is 0 Å². The summed E-state index contributed by atoms with van der Waals surface area (Å²) in [5, 5.41) is 11.4. The van der Waals surface area contributed by atoms with Gasteiger partial charge in [0.1, 0.15) is 12.1 Å². The minimum Gasteiger partial charge on any atom is -0.354 e. The number of alkyl halides is 3. The molecule has 2 heterocycles. The number of aryl methyl sites for hydroxylation is 1. The molecular formula is C23H23ClF3N3. The van der Waals surface area contributed by atoms with Crippen molar-refractivity contribution in [1.29, 1.82) is 5.26 Å². The summed E-state index contributed by atoms with van der Waals surface area (Å²) in [6.07, 6.45) is 4.80. The smallest absolute Gasteiger partial charge is 0.354 e. The van der Waals surface area contributed by atoms with Crippen LogP contribution in [-0.2, 0) is 0 Å². The molecule has 3 nitrogen and oxygen atoms in total. The van der Waals surface area contributed by atoms with E-state index in [1.54, 1.807) is 18.2 Å². The van der Waals surface area contributed by atoms with Gasteiger partial charge in [-0.2, -0.15) is 18.4 Å². The highest BCUT2D eigenvalue weighted by atomic mass is 35.5. The van der Waals surface area contributed by atoms with Gasteiger partial charge in [-0.3, -0.25) is 0 Å². The zero-order chi connectivity index (χ0) is 21.6. The van der Waals surface area contributed by atoms with Gasteiger partial charge in [-0.05, 0) is 50.5 Å². The summed E-state index contributed by atoms with van der Waals surface area (Å²) in [6.45, 7) is 3.18. The fraction of sp³-hybridized carbons (Fsp3) is 0.435. The molecule has 0 saturated heterocycles. The number of allylic oxidation sites excluding steroid dienone is 2. The number of rotatable bonds is 3. The van der Waals surface area contributed by atoms with Crippen LogP contribution < -0.4 is 0 Å². The van der Waals surface area contributed by atoms with Crippen LogP contribution in [0, 0.1) is 18.3 Å². The van der Waals surface area contributed by atoms with Crippen molar-refractivity contribution >= 4 is 28.2 Å². The maximum atomic E-state index is 13.6. The lowest BCUT2D eigenvalue weighted by Crippen LogP contribution is -2.43. The molecule has 1 saturated carbocycles. The van der Waals surface area contributed by atoms with Crippen molar-refractivity contribution in [2.45, 2.75) is 57.8 Å². The zero-order valence-corrected chi connectivity index (χ0v) is 17.7. The second-order valence-electron chi connectivity index (χ2n) is 8.11. The normalized spacial score (nSPS) is 18.7. The number of benzene rings is 1. The van der Waals surface area contributed by atoms with Gasteiger partial charge in [-0.1, -0.05) is 36.6 Å². The van der Waals surface area contributed by atoms with Gasteiger partial charge in [0.05, 0.1) is 22.5 Å². The summed E-state index contributed by atoms with van der Waals surface area (Å²) in [5.41, 5.74) is 3.09. The van der Waals surface area contributed by atoms with Crippen molar-refractivity contribution < 1.29 is 13.2 Å². The molecule has 2 aliphatic rings. The van der Waals surface area contributed by atoms with Crippen LogP contribution in [0.2, 0.25) is 5.02 Å². The van der Waals surface area contributed by atoms with Crippen molar-refractivity contribution in [2.24, 2.45) is 0 Å². The fourth-order valence-corrected chi connectivity index (χ4v) is 4.79. The number of aromatic nitrogens is 1. The molecule has 0 spiro atoms. The van der Waals surface area contributed by atoms with Crippen molar-refractivity contribution in [1.82, 2.24) is 9.47 Å². The molecule has 1 aliphatic heterocycles. The number of nitriles is 1. The molecule has 2 aromatic rings. The minimum atomic E-state index is -4.37. The molecular weight excluding hydrogens is 411 g/mol. The van der Waals surface area contributed by atoms with Crippen LogP contribution in [0.3, 0.4) is 0 Å². The number of halogens is 4. The first-order valence-corrected chi connectivity index (χ1v) is 10.6. The summed E-state index contributed by atoms with van der Waals surface area (Å²) in [4.78, 5) is 1.34. The van der Waals surface area contributed by atoms with E-state index in [0.29, 0.717) is 22.0 Å². The first-order chi connectivity index (χ1) is 14.2. The lowest BCUT2D eigenvalue weighted by atomic mass is 10.0. The molecule has 158 valence electrons. The summed E-state index contributed by atoms with van der Waals surface area (Å²) in [7, 11) is 0. The predicted molar refractivity (Wildman–Crippen MR) is 113 cm³/mol. The van der Waals surface area contributed by atoms with Gasteiger partial charge in [-0.25, -0.2) is 0 Å². The SMILES string of the molecule is Cc1cc2c(C#N)c(C3=CC=CCN3[C@@H](C)C(F)(F)F)n(C3CCCC3)c2cc1Cl. The Hall–Kier alpha value is -2.39. The fourth-order valence-electron chi connectivity index (χ4n) is 4.63. The Bertz CT molecular complexity index is 1080. The average Bonchev–Trinajstić information content (AvgIpc) is 3.33. The zero-order valence-electron chi connectivity index (χ0n) is 16.9. The van der Waals surface area contributed by atoms with Crippen LogP contribution in [0.15, 0.2) is 30.4 Å². The summed E-state index contributed by atoms with van der Waals surface area (Å²) >= 11 is 6.41. The first kappa shape index (κ1) is 20.9. The van der Waals surface area contributed by atoms with Crippen LogP contribution in [0.4, 0.5) is 13.2 Å². The summed E-state index contributed by atoms with van der Waals surface area (Å²) in [5.74, 6) is 0. The lowest BCUT2D eigenvalue weighted by molar-refractivity contribution is -0.169. The maximum Gasteiger partial charge on any atom is 0.408 e. The number of fused-ring (bicyclic) bond motifs is 1. The highest BCUT2D eigenvalue weighted by Crippen LogP contribution is 2.43. The third-order valence-electron chi connectivity index (χ3n) is 6.27. The average molecular weight is 434 g/mol. The van der Waals surface area contributed by atoms with E-state index in [2.05, 4.69) is 10.6 Å². The molecule has 30 heavy (non-hydrogen) atoms. The molecule has 0 bridgehead atoms. The van der Waals surface area contributed by atoms with Crippen molar-refractivity contribution in [3.63, 3.8) is 0 Å². The Morgan fingerprint density at radius 1 is 1.23 bits per heavy atom. The third-order valence-corrected chi connectivity index (χ3v) is 6.68. The molecule has 1 fully saturated rings. The van der Waals surface area contributed by atoms with Crippen LogP contribution in [0.25, 0.3) is 16.6 Å². The van der Waals surface area contributed by atoms with Crippen LogP contribution in [0.5, 0.6) is 0 Å². The number of nitrogens with zero attached hydrogens (tertiary/aromatic N) is 3.